The third kappa shape index (κ3) is 22.5. The van der Waals surface area contributed by atoms with Crippen molar-refractivity contribution < 1.29 is 28.5 Å². The van der Waals surface area contributed by atoms with Crippen LogP contribution < -0.4 is 58.3 Å². The predicted molar refractivity (Wildman–Crippen MR) is 470 cm³/mol. The second-order valence-corrected chi connectivity index (χ2v) is 34.8. The first-order valence-corrected chi connectivity index (χ1v) is 42.3. The quantitative estimate of drug-likeness (QED) is 0.0490. The summed E-state index contributed by atoms with van der Waals surface area (Å²) in [5, 5.41) is 18.0. The highest BCUT2D eigenvalue weighted by atomic mass is 35.5. The molecule has 0 unspecified atom stereocenters. The smallest absolute Gasteiger partial charge is 0.350 e. The molecule has 0 fully saturated rings. The minimum atomic E-state index is -0.457. The van der Waals surface area contributed by atoms with Crippen LogP contribution in [0, 0.1) is 45.9 Å². The van der Waals surface area contributed by atoms with E-state index in [1.807, 2.05) is 93.9 Å². The number of fused-ring (bicyclic) bond motifs is 8. The SMILES string of the molecule is COC(=O)c1sccc1N.COc1nc(OC)c2sc(C)cc2n1.COc1nc(OC)c2sccc2n1.Cc1cc2[nH]c(=O)[nH]c(=O)c2s1.Cc1cc2nc(Cl)[nH]c(=O)c2s1.Cc1cc2nc(Cl)n(Cc3ccccc3C#N)c(=O)c2s1.Cc1cc2nc(Cl)nc(Cl)c2s1.Clc1nc(Cl)c2sccc2n1.O=c1[nH]c(=O)c2sccc2[nH]1. The third-order valence-corrected chi connectivity index (χ3v) is 25.1. The maximum absolute atomic E-state index is 12.5. The fourth-order valence-corrected chi connectivity index (χ4v) is 18.6. The van der Waals surface area contributed by atoms with Gasteiger partial charge in [0.15, 0.2) is 10.3 Å². The maximum atomic E-state index is 12.5. The summed E-state index contributed by atoms with van der Waals surface area (Å²) in [6.45, 7) is 10.0. The number of methoxy groups -OCH3 is 5. The number of esters is 1. The lowest BCUT2D eigenvalue weighted by atomic mass is 10.1. The molecule has 0 amide bonds. The zero-order chi connectivity index (χ0) is 83.8. The summed E-state index contributed by atoms with van der Waals surface area (Å²) >= 11 is 47.6. The van der Waals surface area contributed by atoms with Crippen molar-refractivity contribution >= 4 is 265 Å². The van der Waals surface area contributed by atoms with Gasteiger partial charge in [0.05, 0.1) is 113 Å². The zero-order valence-electron chi connectivity index (χ0n) is 61.3. The summed E-state index contributed by atoms with van der Waals surface area (Å²) in [6, 6.07) is 26.5. The number of rotatable bonds is 7. The molecule has 18 aromatic rings. The summed E-state index contributed by atoms with van der Waals surface area (Å²) in [5.74, 6) is 0.773. The van der Waals surface area contributed by atoms with Gasteiger partial charge in [-0.05, 0) is 169 Å². The number of aryl methyl sites for hydroxylation is 5. The summed E-state index contributed by atoms with van der Waals surface area (Å²) in [4.78, 5) is 136. The van der Waals surface area contributed by atoms with Crippen LogP contribution in [-0.2, 0) is 11.3 Å². The van der Waals surface area contributed by atoms with E-state index >= 15 is 0 Å². The number of hydrogen-bond donors (Lipinski definition) is 6. The summed E-state index contributed by atoms with van der Waals surface area (Å²) in [6.07, 6.45) is 0. The number of hydrogen-bond acceptors (Lipinski definition) is 33. The van der Waals surface area contributed by atoms with Gasteiger partial charge in [-0.1, -0.05) is 41.4 Å². The highest BCUT2D eigenvalue weighted by molar-refractivity contribution is 7.21. The Bertz CT molecular complexity index is 7010. The molecule has 0 saturated carbocycles. The minimum Gasteiger partial charge on any atom is -0.480 e. The summed E-state index contributed by atoms with van der Waals surface area (Å²) in [5.41, 5.74) is 11.2. The van der Waals surface area contributed by atoms with E-state index in [1.54, 1.807) is 96.4 Å². The second-order valence-electron chi connectivity index (χ2n) is 22.7. The molecule has 0 bridgehead atoms. The summed E-state index contributed by atoms with van der Waals surface area (Å²) in [7, 11) is 7.59. The van der Waals surface area contributed by atoms with Gasteiger partial charge < -0.3 is 39.4 Å². The van der Waals surface area contributed by atoms with Crippen LogP contribution in [0.5, 0.6) is 23.8 Å². The Hall–Kier alpha value is -10.3. The molecule has 1 aromatic carbocycles. The van der Waals surface area contributed by atoms with Gasteiger partial charge in [-0.15, -0.1) is 102 Å². The molecule has 598 valence electrons. The molecule has 0 aliphatic heterocycles. The number of aromatic amines is 5. The van der Waals surface area contributed by atoms with Gasteiger partial charge in [-0.25, -0.2) is 44.3 Å². The lowest BCUT2D eigenvalue weighted by molar-refractivity contribution is 0.0607. The van der Waals surface area contributed by atoms with E-state index in [0.717, 1.165) is 65.9 Å². The highest BCUT2D eigenvalue weighted by Crippen LogP contribution is 2.34. The minimum absolute atomic E-state index is 0.137. The van der Waals surface area contributed by atoms with E-state index in [1.165, 1.54) is 91.7 Å². The summed E-state index contributed by atoms with van der Waals surface area (Å²) < 4.78 is 32.1. The van der Waals surface area contributed by atoms with Crippen molar-refractivity contribution in [2.24, 2.45) is 0 Å². The van der Waals surface area contributed by atoms with Crippen molar-refractivity contribution in [2.45, 2.75) is 41.2 Å². The van der Waals surface area contributed by atoms with E-state index in [9.17, 15) is 33.6 Å². The van der Waals surface area contributed by atoms with Crippen molar-refractivity contribution in [3.8, 4) is 29.9 Å². The zero-order valence-corrected chi connectivity index (χ0v) is 73.2. The molecule has 0 aliphatic carbocycles. The Morgan fingerprint density at radius 2 is 0.922 bits per heavy atom. The number of nitrogens with one attached hydrogen (secondary N) is 5. The van der Waals surface area contributed by atoms with Gasteiger partial charge in [-0.3, -0.25) is 38.7 Å². The number of nitrogens with zero attached hydrogens (tertiary/aromatic N) is 12. The van der Waals surface area contributed by atoms with Crippen molar-refractivity contribution in [3.63, 3.8) is 0 Å². The van der Waals surface area contributed by atoms with Crippen LogP contribution in [0.3, 0.4) is 0 Å². The van der Waals surface area contributed by atoms with Gasteiger partial charge in [0, 0.05) is 24.4 Å². The van der Waals surface area contributed by atoms with Crippen LogP contribution in [0.25, 0.3) is 81.7 Å². The molecule has 116 heavy (non-hydrogen) atoms. The van der Waals surface area contributed by atoms with Gasteiger partial charge in [0.1, 0.15) is 33.1 Å². The highest BCUT2D eigenvalue weighted by Gasteiger charge is 2.17. The Kier molecular flexibility index (Phi) is 30.8. The molecule has 0 spiro atoms. The van der Waals surface area contributed by atoms with Crippen LogP contribution in [0.15, 0.2) is 129 Å². The number of ether oxygens (including phenoxy) is 5. The number of nitrogen functional groups attached to an aromatic ring is 1. The number of carbonyl (C=O) groups is 1. The molecule has 0 saturated heterocycles. The van der Waals surface area contributed by atoms with Crippen molar-refractivity contribution in [2.75, 3.05) is 41.3 Å². The fourth-order valence-electron chi connectivity index (χ4n) is 9.84. The van der Waals surface area contributed by atoms with Crippen LogP contribution in [0.4, 0.5) is 5.69 Å². The Labute approximate surface area is 718 Å². The first-order valence-electron chi connectivity index (χ1n) is 32.5. The van der Waals surface area contributed by atoms with Crippen LogP contribution >= 0.6 is 172 Å². The Balaban J connectivity index is 0.000000139. The predicted octanol–water partition coefficient (Wildman–Crippen LogP) is 17.3. The number of anilines is 1. The molecule has 0 radical (unpaired) electrons. The number of thiophene rings is 9. The molecular weight excluding hydrogens is 1800 g/mol. The molecule has 0 atom stereocenters. The molecular formula is C71H56Cl6N18O12S9. The van der Waals surface area contributed by atoms with Gasteiger partial charge >= 0.3 is 29.4 Å². The first-order chi connectivity index (χ1) is 55.5. The maximum Gasteiger partial charge on any atom is 0.350 e. The van der Waals surface area contributed by atoms with Crippen LogP contribution in [0.1, 0.15) is 45.2 Å². The Morgan fingerprint density at radius 1 is 0.457 bits per heavy atom. The van der Waals surface area contributed by atoms with E-state index < -0.39 is 11.4 Å². The fraction of sp³-hybridized carbons (Fsp3) is 0.155. The molecule has 17 heterocycles. The van der Waals surface area contributed by atoms with E-state index in [2.05, 4.69) is 85.6 Å². The van der Waals surface area contributed by atoms with Crippen LogP contribution in [-0.4, -0.2) is 121 Å². The van der Waals surface area contributed by atoms with Gasteiger partial charge in [-0.2, -0.15) is 25.2 Å². The second kappa shape index (κ2) is 40.5. The molecule has 7 N–H and O–H groups in total. The number of aromatic nitrogens is 16. The molecule has 45 heteroatoms. The number of nitrogens with two attached hydrogens (primary N) is 1. The molecule has 30 nitrogen and oxygen atoms in total. The average Bonchev–Trinajstić information content (AvgIpc) is 1.58. The van der Waals surface area contributed by atoms with Crippen molar-refractivity contribution in [1.29, 1.82) is 5.26 Å². The monoisotopic (exact) mass is 1850 g/mol. The normalized spacial score (nSPS) is 10.5. The lowest BCUT2D eigenvalue weighted by Gasteiger charge is -2.09. The van der Waals surface area contributed by atoms with Gasteiger partial charge in [0.2, 0.25) is 32.9 Å². The Morgan fingerprint density at radius 3 is 1.52 bits per heavy atom. The number of nitriles is 1. The van der Waals surface area contributed by atoms with Crippen molar-refractivity contribution in [3.05, 3.63) is 235 Å². The molecule has 18 rings (SSSR count). The van der Waals surface area contributed by atoms with E-state index in [4.69, 9.17) is 99.5 Å². The van der Waals surface area contributed by atoms with Gasteiger partial charge in [0.25, 0.3) is 22.2 Å². The standard InChI is InChI=1S/C15H10ClN3OS.C9H10N2O2S.C8H8N2O2S.C7H4Cl2N2S.C7H5ClN2OS.C7H6N2O2S.C6H2Cl2N2S.C6H4N2O2S.C6H7NO2S/c1-9-6-12-13(21-9)14(20)19(15(16)18-12)8-11-5-3-2-4-10(11)7-17;1-5-4-6-7(14-5)8(12-2)11-9(10-6)13-3;1-11-7-6-5(3-4-13-6)9-8(10-7)12-2;1-3-2-4-5(12-3)6(8)11-7(9)10-4;1-3-2-4-5(12-3)6(11)10-7(8)9-4;1-3-2-4-5(12-3)6(10)9-7(11)8-4;7-5-4-3(1-2-11-4)9-6(8)10-5;9-5-4-3(1-2-11-4)7-6(10)8-5;1-9-6(8)5-4(7)2-3-10-5/h2-6H,8H2,1H3;4H,1-3H3;3-4H,1-2H3;2H,1H3;2H,1H3,(H,9,10,11);2H,1H3,(H2,8,9,10,11);1-2H;1-2H,(H2,7,8,9,10);2-3H,7H2,1H3. The number of benzene rings is 1. The van der Waals surface area contributed by atoms with E-state index in [-0.39, 0.29) is 55.9 Å². The molecule has 17 aromatic heterocycles. The van der Waals surface area contributed by atoms with Crippen molar-refractivity contribution in [1.82, 2.24) is 79.3 Å². The first kappa shape index (κ1) is 88.1. The molecule has 0 aliphatic rings. The van der Waals surface area contributed by atoms with E-state index in [0.29, 0.717) is 91.1 Å². The van der Waals surface area contributed by atoms with Crippen LogP contribution in [0.2, 0.25) is 31.4 Å². The third-order valence-electron chi connectivity index (χ3n) is 14.7. The number of H-pyrrole nitrogens is 5. The largest absolute Gasteiger partial charge is 0.480 e. The number of carbonyl (C=O) groups excluding carboxylic acids is 1. The lowest BCUT2D eigenvalue weighted by Crippen LogP contribution is -2.22. The average molecular weight is 1850 g/mol. The number of halogens is 6. The topological polar surface area (TPSA) is 428 Å².